The van der Waals surface area contributed by atoms with Crippen molar-refractivity contribution in [1.82, 2.24) is 4.98 Å². The summed E-state index contributed by atoms with van der Waals surface area (Å²) in [6, 6.07) is 1.76. The molecule has 16 heavy (non-hydrogen) atoms. The van der Waals surface area contributed by atoms with Gasteiger partial charge in [-0.15, -0.1) is 0 Å². The molecule has 0 aliphatic carbocycles. The molecule has 0 spiro atoms. The Morgan fingerprint density at radius 1 is 1.62 bits per heavy atom. The summed E-state index contributed by atoms with van der Waals surface area (Å²) in [6.07, 6.45) is 4.89. The molecule has 0 amide bonds. The number of hydrogen-bond donors (Lipinski definition) is 2. The van der Waals surface area contributed by atoms with Gasteiger partial charge in [0.05, 0.1) is 5.71 Å². The summed E-state index contributed by atoms with van der Waals surface area (Å²) in [7, 11) is 0. The highest BCUT2D eigenvalue weighted by Gasteiger charge is 2.08. The van der Waals surface area contributed by atoms with E-state index in [1.807, 2.05) is 13.8 Å². The van der Waals surface area contributed by atoms with Crippen LogP contribution in [0.25, 0.3) is 12.7 Å². The van der Waals surface area contributed by atoms with Gasteiger partial charge < -0.3 is 10.6 Å². The molecular formula is C12H15N3O. The number of rotatable bonds is 3. The molecule has 1 aromatic rings. The molecule has 0 aromatic carbocycles. The van der Waals surface area contributed by atoms with Crippen LogP contribution in [0.5, 0.6) is 0 Å². The van der Waals surface area contributed by atoms with Gasteiger partial charge in [0.2, 0.25) is 0 Å². The molecule has 0 fully saturated rings. The molecule has 4 heteroatoms. The maximum Gasteiger partial charge on any atom is 0.124 e. The van der Waals surface area contributed by atoms with Crippen molar-refractivity contribution < 1.29 is 5.21 Å². The van der Waals surface area contributed by atoms with Crippen molar-refractivity contribution in [2.24, 2.45) is 11.1 Å². The van der Waals surface area contributed by atoms with Gasteiger partial charge in [0.25, 0.3) is 0 Å². The lowest BCUT2D eigenvalue weighted by Crippen LogP contribution is -2.27. The Bertz CT molecular complexity index is 517. The summed E-state index contributed by atoms with van der Waals surface area (Å²) in [5.41, 5.74) is 0.546. The highest BCUT2D eigenvalue weighted by atomic mass is 16.4. The molecule has 0 atom stereocenters. The largest absolute Gasteiger partial charge is 0.410 e. The Morgan fingerprint density at radius 3 is 2.81 bits per heavy atom. The monoisotopic (exact) mass is 217 g/mol. The molecule has 2 N–H and O–H groups in total. The summed E-state index contributed by atoms with van der Waals surface area (Å²) in [6.45, 7) is 7.56. The van der Waals surface area contributed by atoms with Gasteiger partial charge in [-0.3, -0.25) is 4.98 Å². The van der Waals surface area contributed by atoms with Crippen LogP contribution in [0, 0.1) is 11.3 Å². The fourth-order valence-electron chi connectivity index (χ4n) is 1.18. The van der Waals surface area contributed by atoms with E-state index in [1.54, 1.807) is 24.5 Å². The molecule has 0 radical (unpaired) electrons. The van der Waals surface area contributed by atoms with Gasteiger partial charge in [-0.05, 0) is 28.5 Å². The Balaban J connectivity index is 3.22. The van der Waals surface area contributed by atoms with Crippen LogP contribution in [-0.4, -0.2) is 21.6 Å². The summed E-state index contributed by atoms with van der Waals surface area (Å²) in [5, 5.41) is 21.3. The minimum Gasteiger partial charge on any atom is -0.410 e. The van der Waals surface area contributed by atoms with E-state index < -0.39 is 0 Å². The van der Waals surface area contributed by atoms with Crippen molar-refractivity contribution >= 4 is 24.1 Å². The fraction of sp³-hybridized carbons (Fsp3) is 0.250. The molecule has 0 saturated carbocycles. The molecule has 1 heterocycles. The second-order valence-corrected chi connectivity index (χ2v) is 3.77. The minimum atomic E-state index is 0.0113. The molecule has 4 nitrogen and oxygen atoms in total. The van der Waals surface area contributed by atoms with E-state index in [0.29, 0.717) is 5.71 Å². The molecule has 0 aliphatic heterocycles. The van der Waals surface area contributed by atoms with Crippen LogP contribution in [0.2, 0.25) is 0 Å². The first kappa shape index (κ1) is 12.1. The van der Waals surface area contributed by atoms with E-state index in [0.717, 1.165) is 10.4 Å². The summed E-state index contributed by atoms with van der Waals surface area (Å²) in [4.78, 5) is 3.92. The molecule has 1 aromatic heterocycles. The average molecular weight is 217 g/mol. The van der Waals surface area contributed by atoms with Crippen LogP contribution >= 0.6 is 0 Å². The van der Waals surface area contributed by atoms with Crippen LogP contribution < -0.4 is 10.4 Å². The predicted molar refractivity (Wildman–Crippen MR) is 65.3 cm³/mol. The molecule has 1 rings (SSSR count). The van der Waals surface area contributed by atoms with Gasteiger partial charge in [-0.25, -0.2) is 0 Å². The van der Waals surface area contributed by atoms with Gasteiger partial charge in [0.1, 0.15) is 5.71 Å². The zero-order chi connectivity index (χ0) is 12.1. The van der Waals surface area contributed by atoms with Crippen LogP contribution in [0.3, 0.4) is 0 Å². The number of hydrogen-bond acceptors (Lipinski definition) is 4. The second kappa shape index (κ2) is 5.21. The first-order valence-corrected chi connectivity index (χ1v) is 4.97. The maximum absolute atomic E-state index is 8.88. The molecule has 0 aliphatic rings. The SMILES string of the molecule is C=c1cncc/c1=C/C(=NO)C(=N)C(C)C. The van der Waals surface area contributed by atoms with E-state index in [4.69, 9.17) is 10.6 Å². The Morgan fingerprint density at radius 2 is 2.31 bits per heavy atom. The summed E-state index contributed by atoms with van der Waals surface area (Å²) in [5.74, 6) is 0.0113. The van der Waals surface area contributed by atoms with E-state index in [9.17, 15) is 0 Å². The molecule has 0 saturated heterocycles. The van der Waals surface area contributed by atoms with Crippen molar-refractivity contribution in [3.63, 3.8) is 0 Å². The van der Waals surface area contributed by atoms with Crippen molar-refractivity contribution in [2.45, 2.75) is 13.8 Å². The molecule has 0 unspecified atom stereocenters. The predicted octanol–water partition coefficient (Wildman–Crippen LogP) is 0.778. The lowest BCUT2D eigenvalue weighted by atomic mass is 10.0. The average Bonchev–Trinajstić information content (AvgIpc) is 2.27. The summed E-state index contributed by atoms with van der Waals surface area (Å²) < 4.78 is 0. The van der Waals surface area contributed by atoms with Crippen molar-refractivity contribution in [1.29, 1.82) is 5.41 Å². The van der Waals surface area contributed by atoms with Crippen LogP contribution in [0.15, 0.2) is 23.6 Å². The third-order valence-electron chi connectivity index (χ3n) is 2.19. The van der Waals surface area contributed by atoms with Crippen molar-refractivity contribution in [3.8, 4) is 0 Å². The lowest BCUT2D eigenvalue weighted by molar-refractivity contribution is 0.321. The number of aromatic nitrogens is 1. The lowest BCUT2D eigenvalue weighted by Gasteiger charge is -2.05. The van der Waals surface area contributed by atoms with E-state index >= 15 is 0 Å². The highest BCUT2D eigenvalue weighted by molar-refractivity contribution is 6.52. The minimum absolute atomic E-state index is 0.0113. The van der Waals surface area contributed by atoms with E-state index in [-0.39, 0.29) is 11.6 Å². The second-order valence-electron chi connectivity index (χ2n) is 3.77. The van der Waals surface area contributed by atoms with E-state index in [1.165, 1.54) is 0 Å². The number of nitrogens with one attached hydrogen (secondary N) is 1. The van der Waals surface area contributed by atoms with Crippen LogP contribution in [0.1, 0.15) is 13.8 Å². The van der Waals surface area contributed by atoms with Gasteiger partial charge in [0, 0.05) is 12.4 Å². The van der Waals surface area contributed by atoms with Gasteiger partial charge in [-0.2, -0.15) is 0 Å². The highest BCUT2D eigenvalue weighted by Crippen LogP contribution is 1.98. The van der Waals surface area contributed by atoms with Crippen LogP contribution in [0.4, 0.5) is 0 Å². The molecular weight excluding hydrogens is 202 g/mol. The van der Waals surface area contributed by atoms with Crippen molar-refractivity contribution in [2.75, 3.05) is 0 Å². The fourth-order valence-corrected chi connectivity index (χ4v) is 1.18. The quantitative estimate of drug-likeness (QED) is 0.446. The maximum atomic E-state index is 8.88. The van der Waals surface area contributed by atoms with Crippen molar-refractivity contribution in [3.05, 3.63) is 28.9 Å². The number of pyridine rings is 1. The normalized spacial score (nSPS) is 13.2. The zero-order valence-corrected chi connectivity index (χ0v) is 9.44. The van der Waals surface area contributed by atoms with Gasteiger partial charge >= 0.3 is 0 Å². The molecule has 84 valence electrons. The number of nitrogens with zero attached hydrogens (tertiary/aromatic N) is 2. The number of oxime groups is 1. The first-order valence-electron chi connectivity index (χ1n) is 4.97. The zero-order valence-electron chi connectivity index (χ0n) is 9.44. The van der Waals surface area contributed by atoms with Crippen LogP contribution in [-0.2, 0) is 0 Å². The van der Waals surface area contributed by atoms with E-state index in [2.05, 4.69) is 16.7 Å². The Kier molecular flexibility index (Phi) is 3.94. The Labute approximate surface area is 94.2 Å². The summed E-state index contributed by atoms with van der Waals surface area (Å²) >= 11 is 0. The Hall–Kier alpha value is -1.97. The third-order valence-corrected chi connectivity index (χ3v) is 2.19. The topological polar surface area (TPSA) is 69.3 Å². The smallest absolute Gasteiger partial charge is 0.124 e. The van der Waals surface area contributed by atoms with Gasteiger partial charge in [0.15, 0.2) is 0 Å². The third kappa shape index (κ3) is 2.76. The standard InChI is InChI=1S/C12H15N3O/c1-8(2)12(13)11(15-16)6-10-4-5-14-7-9(10)3/h4-8,13,16H,3H2,1-2H3/b10-6-,13-12?,15-11?. The first-order chi connectivity index (χ1) is 7.56. The molecule has 0 bridgehead atoms. The van der Waals surface area contributed by atoms with Gasteiger partial charge in [-0.1, -0.05) is 25.6 Å².